The number of halogens is 3. The van der Waals surface area contributed by atoms with Crippen molar-refractivity contribution in [1.82, 2.24) is 15.1 Å². The van der Waals surface area contributed by atoms with Crippen molar-refractivity contribution in [3.8, 4) is 0 Å². The number of aliphatic hydroxyl groups is 1. The predicted octanol–water partition coefficient (Wildman–Crippen LogP) is 0.625. The molecule has 2 rings (SSSR count). The van der Waals surface area contributed by atoms with Crippen LogP contribution in [0.3, 0.4) is 0 Å². The van der Waals surface area contributed by atoms with Crippen molar-refractivity contribution in [1.29, 1.82) is 0 Å². The van der Waals surface area contributed by atoms with Gasteiger partial charge in [-0.15, -0.1) is 10.2 Å². The van der Waals surface area contributed by atoms with Crippen molar-refractivity contribution >= 4 is 5.82 Å². The maximum Gasteiger partial charge on any atom is 0.435 e. The van der Waals surface area contributed by atoms with Gasteiger partial charge in [0, 0.05) is 33.2 Å². The van der Waals surface area contributed by atoms with Gasteiger partial charge >= 0.3 is 6.18 Å². The van der Waals surface area contributed by atoms with E-state index in [1.54, 1.807) is 11.9 Å². The van der Waals surface area contributed by atoms with Gasteiger partial charge in [0.2, 0.25) is 0 Å². The molecule has 0 bridgehead atoms. The van der Waals surface area contributed by atoms with Gasteiger partial charge in [-0.25, -0.2) is 0 Å². The Labute approximate surface area is 126 Å². The summed E-state index contributed by atoms with van der Waals surface area (Å²) in [6.45, 7) is 3.57. The van der Waals surface area contributed by atoms with Gasteiger partial charge in [-0.2, -0.15) is 13.2 Å². The van der Waals surface area contributed by atoms with Crippen molar-refractivity contribution in [3.63, 3.8) is 0 Å². The lowest BCUT2D eigenvalue weighted by atomic mass is 10.2. The van der Waals surface area contributed by atoms with Gasteiger partial charge in [0.15, 0.2) is 11.5 Å². The molecule has 124 valence electrons. The second-order valence-electron chi connectivity index (χ2n) is 5.22. The average Bonchev–Trinajstić information content (AvgIpc) is 2.47. The van der Waals surface area contributed by atoms with E-state index in [9.17, 15) is 18.3 Å². The highest BCUT2D eigenvalue weighted by atomic mass is 19.4. The standard InChI is InChI=1S/C13H19F3N4O2/c1-19(8-10(21)9-20-4-6-22-7-5-20)12-3-2-11(17-18-12)13(14,15)16/h2-3,10,21H,4-9H2,1H3. The molecule has 1 aromatic heterocycles. The lowest BCUT2D eigenvalue weighted by molar-refractivity contribution is -0.141. The lowest BCUT2D eigenvalue weighted by Gasteiger charge is -2.30. The van der Waals surface area contributed by atoms with Crippen LogP contribution in [0.2, 0.25) is 0 Å². The molecule has 0 saturated carbocycles. The Balaban J connectivity index is 1.86. The summed E-state index contributed by atoms with van der Waals surface area (Å²) in [6, 6.07) is 2.13. The lowest BCUT2D eigenvalue weighted by Crippen LogP contribution is -2.44. The Morgan fingerprint density at radius 1 is 1.32 bits per heavy atom. The molecule has 0 spiro atoms. The highest BCUT2D eigenvalue weighted by Crippen LogP contribution is 2.27. The van der Waals surface area contributed by atoms with Gasteiger partial charge in [0.05, 0.1) is 19.3 Å². The van der Waals surface area contributed by atoms with Crippen LogP contribution in [0.15, 0.2) is 12.1 Å². The molecule has 1 fully saturated rings. The number of nitrogens with zero attached hydrogens (tertiary/aromatic N) is 4. The maximum absolute atomic E-state index is 12.4. The van der Waals surface area contributed by atoms with Crippen molar-refractivity contribution in [2.24, 2.45) is 0 Å². The molecule has 1 aliphatic rings. The molecular weight excluding hydrogens is 301 g/mol. The molecular formula is C13H19F3N4O2. The van der Waals surface area contributed by atoms with Crippen LogP contribution in [-0.4, -0.2) is 72.7 Å². The molecule has 6 nitrogen and oxygen atoms in total. The predicted molar refractivity (Wildman–Crippen MR) is 73.6 cm³/mol. The largest absolute Gasteiger partial charge is 0.435 e. The first-order chi connectivity index (χ1) is 10.4. The molecule has 1 aromatic rings. The third kappa shape index (κ3) is 4.79. The van der Waals surface area contributed by atoms with Crippen LogP contribution in [0.4, 0.5) is 19.0 Å². The molecule has 0 aromatic carbocycles. The third-order valence-electron chi connectivity index (χ3n) is 3.39. The fraction of sp³-hybridized carbons (Fsp3) is 0.692. The Kier molecular flexibility index (Phi) is 5.54. The van der Waals surface area contributed by atoms with Crippen LogP contribution in [0.25, 0.3) is 0 Å². The molecule has 9 heteroatoms. The summed E-state index contributed by atoms with van der Waals surface area (Å²) in [4.78, 5) is 3.67. The molecule has 1 aliphatic heterocycles. The molecule has 1 saturated heterocycles. The fourth-order valence-corrected chi connectivity index (χ4v) is 2.23. The van der Waals surface area contributed by atoms with Crippen LogP contribution in [0, 0.1) is 0 Å². The van der Waals surface area contributed by atoms with E-state index in [0.29, 0.717) is 19.8 Å². The first kappa shape index (κ1) is 16.9. The Bertz CT molecular complexity index is 463. The first-order valence-corrected chi connectivity index (χ1v) is 6.96. The van der Waals surface area contributed by atoms with Gasteiger partial charge in [-0.05, 0) is 12.1 Å². The summed E-state index contributed by atoms with van der Waals surface area (Å²) in [5.74, 6) is 0.286. The second kappa shape index (κ2) is 7.21. The summed E-state index contributed by atoms with van der Waals surface area (Å²) in [7, 11) is 1.65. The Hall–Kier alpha value is -1.45. The number of aromatic nitrogens is 2. The van der Waals surface area contributed by atoms with Gasteiger partial charge in [0.25, 0.3) is 0 Å². The van der Waals surface area contributed by atoms with Crippen LogP contribution in [0.5, 0.6) is 0 Å². The van der Waals surface area contributed by atoms with E-state index in [1.807, 2.05) is 0 Å². The summed E-state index contributed by atoms with van der Waals surface area (Å²) in [6.07, 6.45) is -5.13. The number of aliphatic hydroxyl groups excluding tert-OH is 1. The fourth-order valence-electron chi connectivity index (χ4n) is 2.23. The number of alkyl halides is 3. The monoisotopic (exact) mass is 320 g/mol. The van der Waals surface area contributed by atoms with Gasteiger partial charge in [-0.3, -0.25) is 4.90 Å². The molecule has 0 radical (unpaired) electrons. The van der Waals surface area contributed by atoms with E-state index in [4.69, 9.17) is 4.74 Å². The average molecular weight is 320 g/mol. The number of likely N-dealkylation sites (N-methyl/N-ethyl adjacent to an activating group) is 1. The third-order valence-corrected chi connectivity index (χ3v) is 3.39. The molecule has 0 aliphatic carbocycles. The number of ether oxygens (including phenoxy) is 1. The normalized spacial score (nSPS) is 18.2. The molecule has 2 heterocycles. The highest BCUT2D eigenvalue weighted by Gasteiger charge is 2.33. The van der Waals surface area contributed by atoms with Crippen LogP contribution in [0.1, 0.15) is 5.69 Å². The number of hydrogen-bond donors (Lipinski definition) is 1. The van der Waals surface area contributed by atoms with Crippen molar-refractivity contribution in [3.05, 3.63) is 17.8 Å². The Morgan fingerprint density at radius 3 is 2.55 bits per heavy atom. The van der Waals surface area contributed by atoms with E-state index in [1.165, 1.54) is 6.07 Å². The Morgan fingerprint density at radius 2 is 2.00 bits per heavy atom. The zero-order chi connectivity index (χ0) is 16.2. The van der Waals surface area contributed by atoms with Crippen molar-refractivity contribution in [2.45, 2.75) is 12.3 Å². The number of β-amino-alcohol motifs (C(OH)–C–C–N with tert-alkyl or cyclic N) is 1. The summed E-state index contributed by atoms with van der Waals surface area (Å²) >= 11 is 0. The SMILES string of the molecule is CN(CC(O)CN1CCOCC1)c1ccc(C(F)(F)F)nn1. The minimum atomic E-state index is -4.50. The van der Waals surface area contributed by atoms with Crippen molar-refractivity contribution in [2.75, 3.05) is 51.3 Å². The van der Waals surface area contributed by atoms with Gasteiger partial charge in [-0.1, -0.05) is 0 Å². The summed E-state index contributed by atoms with van der Waals surface area (Å²) in [5.41, 5.74) is -1.03. The number of morpholine rings is 1. The zero-order valence-corrected chi connectivity index (χ0v) is 12.3. The number of rotatable bonds is 5. The van der Waals surface area contributed by atoms with Crippen LogP contribution >= 0.6 is 0 Å². The number of hydrogen-bond acceptors (Lipinski definition) is 6. The van der Waals surface area contributed by atoms with Gasteiger partial charge in [0.1, 0.15) is 0 Å². The minimum absolute atomic E-state index is 0.261. The van der Waals surface area contributed by atoms with E-state index >= 15 is 0 Å². The molecule has 1 N–H and O–H groups in total. The zero-order valence-electron chi connectivity index (χ0n) is 12.3. The quantitative estimate of drug-likeness (QED) is 0.858. The van der Waals surface area contributed by atoms with E-state index in [2.05, 4.69) is 15.1 Å². The molecule has 1 atom stereocenters. The minimum Gasteiger partial charge on any atom is -0.390 e. The second-order valence-corrected chi connectivity index (χ2v) is 5.22. The molecule has 1 unspecified atom stereocenters. The van der Waals surface area contributed by atoms with Crippen LogP contribution < -0.4 is 4.90 Å². The van der Waals surface area contributed by atoms with E-state index < -0.39 is 18.0 Å². The van der Waals surface area contributed by atoms with Crippen molar-refractivity contribution < 1.29 is 23.0 Å². The first-order valence-electron chi connectivity index (χ1n) is 6.96. The van der Waals surface area contributed by atoms with E-state index in [0.717, 1.165) is 19.2 Å². The molecule has 0 amide bonds. The topological polar surface area (TPSA) is 61.7 Å². The number of anilines is 1. The highest BCUT2D eigenvalue weighted by molar-refractivity contribution is 5.36. The van der Waals surface area contributed by atoms with Crippen LogP contribution in [-0.2, 0) is 10.9 Å². The summed E-state index contributed by atoms with van der Waals surface area (Å²) < 4.78 is 42.5. The summed E-state index contributed by atoms with van der Waals surface area (Å²) in [5, 5.41) is 16.8. The maximum atomic E-state index is 12.4. The van der Waals surface area contributed by atoms with Gasteiger partial charge < -0.3 is 14.7 Å². The molecule has 22 heavy (non-hydrogen) atoms. The smallest absolute Gasteiger partial charge is 0.390 e. The van der Waals surface area contributed by atoms with E-state index in [-0.39, 0.29) is 12.4 Å².